The molecule has 1 heterocycles. The first kappa shape index (κ1) is 27.1. The molecule has 0 aliphatic carbocycles. The number of carboxylic acids is 1. The summed E-state index contributed by atoms with van der Waals surface area (Å²) < 4.78 is 49.9. The third-order valence-electron chi connectivity index (χ3n) is 6.01. The van der Waals surface area contributed by atoms with Gasteiger partial charge in [0.1, 0.15) is 11.5 Å². The van der Waals surface area contributed by atoms with Gasteiger partial charge in [-0.2, -0.15) is 13.2 Å². The molecule has 1 aliphatic heterocycles. The minimum atomic E-state index is -4.45. The molecular weight excluding hydrogens is 485 g/mol. The molecule has 6 nitrogen and oxygen atoms in total. The normalized spacial score (nSPS) is 15.8. The summed E-state index contributed by atoms with van der Waals surface area (Å²) >= 11 is 6.42. The Kier molecular flexibility index (Phi) is 8.24. The molecule has 10 heteroatoms. The lowest BCUT2D eigenvalue weighted by atomic mass is 10.1. The Bertz CT molecular complexity index is 1040. The van der Waals surface area contributed by atoms with E-state index < -0.39 is 23.3 Å². The fourth-order valence-electron chi connectivity index (χ4n) is 4.01. The quantitative estimate of drug-likeness (QED) is 0.520. The van der Waals surface area contributed by atoms with Gasteiger partial charge >= 0.3 is 12.1 Å². The first-order valence-corrected chi connectivity index (χ1v) is 11.6. The van der Waals surface area contributed by atoms with Gasteiger partial charge in [-0.25, -0.2) is 4.79 Å². The van der Waals surface area contributed by atoms with Crippen molar-refractivity contribution in [3.05, 3.63) is 57.6 Å². The summed E-state index contributed by atoms with van der Waals surface area (Å²) in [6.45, 7) is 9.10. The van der Waals surface area contributed by atoms with E-state index in [-0.39, 0.29) is 5.75 Å². The fraction of sp³-hybridized carbons (Fsp3) is 0.480. The largest absolute Gasteiger partial charge is 0.496 e. The molecule has 0 atom stereocenters. The van der Waals surface area contributed by atoms with E-state index in [4.69, 9.17) is 21.1 Å². The molecule has 2 aromatic rings. The van der Waals surface area contributed by atoms with Gasteiger partial charge < -0.3 is 14.6 Å². The maximum Gasteiger partial charge on any atom is 0.419 e. The SMILES string of the molecule is COc1cc(CN2CCN(Cc3cc(C)c(OC(C)(C)C(=O)O)c(Cl)c3)CC2)ccc1C(F)(F)F. The van der Waals surface area contributed by atoms with E-state index in [0.717, 1.165) is 48.9 Å². The molecule has 0 bridgehead atoms. The highest BCUT2D eigenvalue weighted by Crippen LogP contribution is 2.37. The maximum atomic E-state index is 13.1. The Morgan fingerprint density at radius 1 is 1.03 bits per heavy atom. The lowest BCUT2D eigenvalue weighted by molar-refractivity contribution is -0.152. The van der Waals surface area contributed by atoms with Gasteiger partial charge in [0.15, 0.2) is 5.60 Å². The molecule has 1 saturated heterocycles. The van der Waals surface area contributed by atoms with Crippen molar-refractivity contribution in [3.63, 3.8) is 0 Å². The molecule has 1 aliphatic rings. The zero-order chi connectivity index (χ0) is 26.0. The predicted molar refractivity (Wildman–Crippen MR) is 127 cm³/mol. The molecule has 0 spiro atoms. The monoisotopic (exact) mass is 514 g/mol. The van der Waals surface area contributed by atoms with Gasteiger partial charge in [0.2, 0.25) is 0 Å². The van der Waals surface area contributed by atoms with Gasteiger partial charge in [-0.1, -0.05) is 23.7 Å². The van der Waals surface area contributed by atoms with Gasteiger partial charge in [-0.3, -0.25) is 9.80 Å². The number of methoxy groups -OCH3 is 1. The number of aryl methyl sites for hydroxylation is 1. The summed E-state index contributed by atoms with van der Waals surface area (Å²) in [5.74, 6) is -0.885. The number of halogens is 4. The zero-order valence-corrected chi connectivity index (χ0v) is 21.0. The lowest BCUT2D eigenvalue weighted by Gasteiger charge is -2.35. The molecule has 2 aromatic carbocycles. The molecule has 0 aromatic heterocycles. The summed E-state index contributed by atoms with van der Waals surface area (Å²) in [5.41, 5.74) is 0.352. The van der Waals surface area contributed by atoms with Gasteiger partial charge in [-0.15, -0.1) is 0 Å². The van der Waals surface area contributed by atoms with Crippen LogP contribution >= 0.6 is 11.6 Å². The van der Waals surface area contributed by atoms with Crippen LogP contribution in [0.25, 0.3) is 0 Å². The van der Waals surface area contributed by atoms with Gasteiger partial charge in [0.25, 0.3) is 0 Å². The van der Waals surface area contributed by atoms with E-state index in [2.05, 4.69) is 9.80 Å². The number of carbonyl (C=O) groups is 1. The van der Waals surface area contributed by atoms with Crippen LogP contribution in [0.5, 0.6) is 11.5 Å². The summed E-state index contributed by atoms with van der Waals surface area (Å²) in [5, 5.41) is 9.68. The summed E-state index contributed by atoms with van der Waals surface area (Å²) in [4.78, 5) is 15.8. The van der Waals surface area contributed by atoms with Crippen molar-refractivity contribution in [2.24, 2.45) is 0 Å². The van der Waals surface area contributed by atoms with Crippen molar-refractivity contribution < 1.29 is 32.5 Å². The summed E-state index contributed by atoms with van der Waals surface area (Å²) in [7, 11) is 1.24. The molecule has 3 rings (SSSR count). The van der Waals surface area contributed by atoms with Crippen molar-refractivity contribution in [1.82, 2.24) is 9.80 Å². The second kappa shape index (κ2) is 10.6. The van der Waals surface area contributed by atoms with Crippen molar-refractivity contribution >= 4 is 17.6 Å². The number of rotatable bonds is 8. The van der Waals surface area contributed by atoms with Crippen LogP contribution in [-0.4, -0.2) is 59.8 Å². The molecular formula is C25H30ClF3N2O4. The highest BCUT2D eigenvalue weighted by molar-refractivity contribution is 6.32. The van der Waals surface area contributed by atoms with Crippen LogP contribution in [-0.2, 0) is 24.1 Å². The number of alkyl halides is 3. The number of carboxylic acid groups (broad SMARTS) is 1. The fourth-order valence-corrected chi connectivity index (χ4v) is 4.34. The smallest absolute Gasteiger partial charge is 0.419 e. The van der Waals surface area contributed by atoms with Crippen molar-refractivity contribution in [3.8, 4) is 11.5 Å². The highest BCUT2D eigenvalue weighted by atomic mass is 35.5. The zero-order valence-electron chi connectivity index (χ0n) is 20.2. The number of benzene rings is 2. The molecule has 35 heavy (non-hydrogen) atoms. The van der Waals surface area contributed by atoms with Crippen LogP contribution in [0.2, 0.25) is 5.02 Å². The Balaban J connectivity index is 1.59. The minimum absolute atomic E-state index is 0.167. The standard InChI is InChI=1S/C25H30ClF3N2O4/c1-16-11-18(12-20(26)22(16)35-24(2,3)23(32)33)15-31-9-7-30(8-10-31)14-17-5-6-19(25(27,28)29)21(13-17)34-4/h5-6,11-13H,7-10,14-15H2,1-4H3,(H,32,33). The highest BCUT2D eigenvalue weighted by Gasteiger charge is 2.34. The van der Waals surface area contributed by atoms with E-state index in [9.17, 15) is 23.1 Å². The van der Waals surface area contributed by atoms with E-state index in [0.29, 0.717) is 23.9 Å². The first-order valence-electron chi connectivity index (χ1n) is 11.2. The Hall–Kier alpha value is -2.49. The number of aliphatic carboxylic acids is 1. The Morgan fingerprint density at radius 3 is 2.09 bits per heavy atom. The summed E-state index contributed by atoms with van der Waals surface area (Å²) in [6.07, 6.45) is -4.45. The molecule has 0 saturated carbocycles. The van der Waals surface area contributed by atoms with Crippen LogP contribution in [0.1, 0.15) is 36.1 Å². The molecule has 1 N–H and O–H groups in total. The number of nitrogens with zero attached hydrogens (tertiary/aromatic N) is 2. The average Bonchev–Trinajstić information content (AvgIpc) is 2.76. The average molecular weight is 515 g/mol. The Morgan fingerprint density at radius 2 is 1.60 bits per heavy atom. The number of ether oxygens (including phenoxy) is 2. The second-order valence-electron chi connectivity index (χ2n) is 9.23. The van der Waals surface area contributed by atoms with Crippen LogP contribution < -0.4 is 9.47 Å². The molecule has 192 valence electrons. The number of hydrogen-bond donors (Lipinski definition) is 1. The van der Waals surface area contributed by atoms with Gasteiger partial charge in [-0.05, 0) is 55.7 Å². The van der Waals surface area contributed by atoms with Crippen LogP contribution in [0.3, 0.4) is 0 Å². The van der Waals surface area contributed by atoms with E-state index in [1.807, 2.05) is 13.0 Å². The molecule has 1 fully saturated rings. The third kappa shape index (κ3) is 6.80. The second-order valence-corrected chi connectivity index (χ2v) is 9.63. The van der Waals surface area contributed by atoms with Crippen LogP contribution in [0.15, 0.2) is 30.3 Å². The van der Waals surface area contributed by atoms with E-state index >= 15 is 0 Å². The van der Waals surface area contributed by atoms with E-state index in [1.165, 1.54) is 33.1 Å². The minimum Gasteiger partial charge on any atom is -0.496 e. The number of piperazine rings is 1. The Labute approximate surface area is 208 Å². The maximum absolute atomic E-state index is 13.1. The molecule has 0 amide bonds. The van der Waals surface area contributed by atoms with Crippen LogP contribution in [0, 0.1) is 6.92 Å². The predicted octanol–water partition coefficient (Wildman–Crippen LogP) is 5.24. The number of hydrogen-bond acceptors (Lipinski definition) is 5. The molecule has 0 unspecified atom stereocenters. The summed E-state index contributed by atoms with van der Waals surface area (Å²) in [6, 6.07) is 7.76. The third-order valence-corrected chi connectivity index (χ3v) is 6.29. The van der Waals surface area contributed by atoms with Crippen molar-refractivity contribution in [2.45, 2.75) is 45.6 Å². The molecule has 0 radical (unpaired) electrons. The van der Waals surface area contributed by atoms with Gasteiger partial charge in [0, 0.05) is 39.3 Å². The van der Waals surface area contributed by atoms with Crippen molar-refractivity contribution in [1.29, 1.82) is 0 Å². The van der Waals surface area contributed by atoms with Crippen LogP contribution in [0.4, 0.5) is 13.2 Å². The lowest BCUT2D eigenvalue weighted by Crippen LogP contribution is -2.45. The van der Waals surface area contributed by atoms with Gasteiger partial charge in [0.05, 0.1) is 17.7 Å². The van der Waals surface area contributed by atoms with E-state index in [1.54, 1.807) is 6.07 Å². The topological polar surface area (TPSA) is 62.2 Å². The first-order chi connectivity index (χ1) is 16.3. The van der Waals surface area contributed by atoms with Crippen molar-refractivity contribution in [2.75, 3.05) is 33.3 Å².